The second-order valence-corrected chi connectivity index (χ2v) is 2.89. The molecule has 0 fully saturated rings. The molecule has 1 aromatic rings. The van der Waals surface area contributed by atoms with Gasteiger partial charge < -0.3 is 9.67 Å². The summed E-state index contributed by atoms with van der Waals surface area (Å²) in [5, 5.41) is 8.72. The van der Waals surface area contributed by atoms with Crippen molar-refractivity contribution in [3.8, 4) is 0 Å². The van der Waals surface area contributed by atoms with Crippen LogP contribution >= 0.6 is 0 Å². The molecule has 0 radical (unpaired) electrons. The van der Waals surface area contributed by atoms with Crippen molar-refractivity contribution in [3.05, 3.63) is 17.7 Å². The number of fused-ring (bicyclic) bond motifs is 1. The van der Waals surface area contributed by atoms with Gasteiger partial charge in [-0.15, -0.1) is 0 Å². The fourth-order valence-electron chi connectivity index (χ4n) is 1.64. The maximum absolute atomic E-state index is 8.72. The first-order valence-corrected chi connectivity index (χ1v) is 4.06. The van der Waals surface area contributed by atoms with E-state index in [9.17, 15) is 0 Å². The van der Waals surface area contributed by atoms with Crippen molar-refractivity contribution in [1.29, 1.82) is 0 Å². The maximum Gasteiger partial charge on any atom is 0.111 e. The lowest BCUT2D eigenvalue weighted by atomic mass is 10.3. The Hall–Kier alpha value is -0.830. The van der Waals surface area contributed by atoms with Crippen LogP contribution in [0.25, 0.3) is 0 Å². The van der Waals surface area contributed by atoms with Crippen molar-refractivity contribution in [1.82, 2.24) is 9.55 Å². The Morgan fingerprint density at radius 3 is 3.36 bits per heavy atom. The smallest absolute Gasteiger partial charge is 0.111 e. The first kappa shape index (κ1) is 6.85. The fourth-order valence-corrected chi connectivity index (χ4v) is 1.64. The second kappa shape index (κ2) is 2.66. The quantitative estimate of drug-likeness (QED) is 0.664. The summed E-state index contributed by atoms with van der Waals surface area (Å²) in [5.74, 6) is 1.04. The number of nitrogens with zero attached hydrogens (tertiary/aromatic N) is 2. The topological polar surface area (TPSA) is 38.1 Å². The number of aromatic nitrogens is 2. The summed E-state index contributed by atoms with van der Waals surface area (Å²) in [5.41, 5.74) is 1.33. The van der Waals surface area contributed by atoms with Gasteiger partial charge in [0, 0.05) is 24.9 Å². The van der Waals surface area contributed by atoms with Crippen LogP contribution in [0.5, 0.6) is 0 Å². The highest BCUT2D eigenvalue weighted by molar-refractivity contribution is 5.09. The molecular weight excluding hydrogens is 140 g/mol. The molecule has 60 valence electrons. The lowest BCUT2D eigenvalue weighted by molar-refractivity contribution is 0.295. The van der Waals surface area contributed by atoms with Gasteiger partial charge in [0.2, 0.25) is 0 Å². The Bertz CT molecular complexity index is 255. The molecular formula is C8H12N2O. The summed E-state index contributed by atoms with van der Waals surface area (Å²) in [6.07, 6.45) is 5.01. The van der Waals surface area contributed by atoms with E-state index in [0.717, 1.165) is 18.8 Å². The molecule has 0 spiro atoms. The zero-order valence-corrected chi connectivity index (χ0v) is 6.45. The molecule has 1 N–H and O–H groups in total. The molecule has 0 unspecified atom stereocenters. The van der Waals surface area contributed by atoms with Gasteiger partial charge in [-0.05, 0) is 12.8 Å². The van der Waals surface area contributed by atoms with Gasteiger partial charge in [-0.2, -0.15) is 0 Å². The second-order valence-electron chi connectivity index (χ2n) is 2.89. The van der Waals surface area contributed by atoms with Gasteiger partial charge in [-0.1, -0.05) is 0 Å². The Balaban J connectivity index is 2.27. The minimum atomic E-state index is 0.205. The Morgan fingerprint density at radius 1 is 1.64 bits per heavy atom. The monoisotopic (exact) mass is 152 g/mol. The highest BCUT2D eigenvalue weighted by atomic mass is 16.3. The van der Waals surface area contributed by atoms with Gasteiger partial charge in [0.1, 0.15) is 5.82 Å². The zero-order chi connectivity index (χ0) is 7.68. The standard InChI is InChI=1S/C8H12N2O/c11-5-3-8-9-6-7-2-1-4-10(7)8/h6,11H,1-5H2. The third kappa shape index (κ3) is 1.05. The Kier molecular flexibility index (Phi) is 1.66. The summed E-state index contributed by atoms with van der Waals surface area (Å²) in [6, 6.07) is 0. The van der Waals surface area contributed by atoms with Crippen LogP contribution in [0, 0.1) is 0 Å². The molecule has 1 aliphatic heterocycles. The van der Waals surface area contributed by atoms with E-state index in [1.807, 2.05) is 6.20 Å². The molecule has 0 saturated heterocycles. The van der Waals surface area contributed by atoms with Crippen molar-refractivity contribution in [2.45, 2.75) is 25.8 Å². The molecule has 0 atom stereocenters. The summed E-state index contributed by atoms with van der Waals surface area (Å²) in [7, 11) is 0. The average Bonchev–Trinajstić information content (AvgIpc) is 2.53. The van der Waals surface area contributed by atoms with Crippen molar-refractivity contribution >= 4 is 0 Å². The molecule has 0 aliphatic carbocycles. The number of rotatable bonds is 2. The molecule has 0 aromatic carbocycles. The lowest BCUT2D eigenvalue weighted by Gasteiger charge is -2.00. The van der Waals surface area contributed by atoms with E-state index < -0.39 is 0 Å². The molecule has 2 heterocycles. The first-order valence-electron chi connectivity index (χ1n) is 4.06. The molecule has 0 amide bonds. The number of hydrogen-bond acceptors (Lipinski definition) is 2. The first-order chi connectivity index (χ1) is 5.42. The van der Waals surface area contributed by atoms with E-state index in [2.05, 4.69) is 9.55 Å². The highest BCUT2D eigenvalue weighted by Gasteiger charge is 2.13. The van der Waals surface area contributed by atoms with E-state index in [-0.39, 0.29) is 6.61 Å². The molecule has 2 rings (SSSR count). The Morgan fingerprint density at radius 2 is 2.55 bits per heavy atom. The van der Waals surface area contributed by atoms with Gasteiger partial charge in [0.15, 0.2) is 0 Å². The number of imidazole rings is 1. The highest BCUT2D eigenvalue weighted by Crippen LogP contribution is 2.16. The van der Waals surface area contributed by atoms with Gasteiger partial charge in [0.25, 0.3) is 0 Å². The molecule has 11 heavy (non-hydrogen) atoms. The van der Waals surface area contributed by atoms with Crippen LogP contribution < -0.4 is 0 Å². The molecule has 0 bridgehead atoms. The summed E-state index contributed by atoms with van der Waals surface area (Å²) in [4.78, 5) is 4.23. The van der Waals surface area contributed by atoms with Gasteiger partial charge in [-0.3, -0.25) is 0 Å². The number of hydrogen-bond donors (Lipinski definition) is 1. The van der Waals surface area contributed by atoms with Crippen LogP contribution in [0.2, 0.25) is 0 Å². The van der Waals surface area contributed by atoms with Gasteiger partial charge >= 0.3 is 0 Å². The van der Waals surface area contributed by atoms with E-state index in [1.54, 1.807) is 0 Å². The van der Waals surface area contributed by atoms with E-state index in [0.29, 0.717) is 6.42 Å². The van der Waals surface area contributed by atoms with Gasteiger partial charge in [-0.25, -0.2) is 4.98 Å². The van der Waals surface area contributed by atoms with Crippen LogP contribution in [0.4, 0.5) is 0 Å². The van der Waals surface area contributed by atoms with Crippen molar-refractivity contribution < 1.29 is 5.11 Å². The van der Waals surface area contributed by atoms with Crippen molar-refractivity contribution in [2.24, 2.45) is 0 Å². The van der Waals surface area contributed by atoms with Crippen molar-refractivity contribution in [3.63, 3.8) is 0 Å². The normalized spacial score (nSPS) is 15.4. The fraction of sp³-hybridized carbons (Fsp3) is 0.625. The number of aliphatic hydroxyl groups is 1. The zero-order valence-electron chi connectivity index (χ0n) is 6.45. The number of aliphatic hydroxyl groups excluding tert-OH is 1. The van der Waals surface area contributed by atoms with Crippen LogP contribution in [0.3, 0.4) is 0 Å². The van der Waals surface area contributed by atoms with Crippen LogP contribution in [0.15, 0.2) is 6.20 Å². The number of aryl methyl sites for hydroxylation is 1. The Labute approximate surface area is 65.7 Å². The molecule has 1 aromatic heterocycles. The molecule has 3 nitrogen and oxygen atoms in total. The SMILES string of the molecule is OCCc1ncc2n1CCC2. The van der Waals surface area contributed by atoms with Crippen LogP contribution in [-0.2, 0) is 19.4 Å². The molecule has 0 saturated carbocycles. The largest absolute Gasteiger partial charge is 0.396 e. The lowest BCUT2D eigenvalue weighted by Crippen LogP contribution is -2.02. The predicted molar refractivity (Wildman–Crippen MR) is 41.3 cm³/mol. The summed E-state index contributed by atoms with van der Waals surface area (Å²) < 4.78 is 2.22. The summed E-state index contributed by atoms with van der Waals surface area (Å²) >= 11 is 0. The van der Waals surface area contributed by atoms with Crippen LogP contribution in [-0.4, -0.2) is 21.3 Å². The summed E-state index contributed by atoms with van der Waals surface area (Å²) in [6.45, 7) is 1.29. The maximum atomic E-state index is 8.72. The van der Waals surface area contributed by atoms with Crippen molar-refractivity contribution in [2.75, 3.05) is 6.61 Å². The molecule has 3 heteroatoms. The van der Waals surface area contributed by atoms with Crippen LogP contribution in [0.1, 0.15) is 17.9 Å². The van der Waals surface area contributed by atoms with Gasteiger partial charge in [0.05, 0.1) is 6.61 Å². The molecule has 1 aliphatic rings. The predicted octanol–water partition coefficient (Wildman–Crippen LogP) is 0.364. The minimum Gasteiger partial charge on any atom is -0.396 e. The third-order valence-electron chi connectivity index (χ3n) is 2.17. The third-order valence-corrected chi connectivity index (χ3v) is 2.17. The van der Waals surface area contributed by atoms with E-state index in [4.69, 9.17) is 5.11 Å². The van der Waals surface area contributed by atoms with E-state index in [1.165, 1.54) is 12.1 Å². The van der Waals surface area contributed by atoms with E-state index >= 15 is 0 Å². The minimum absolute atomic E-state index is 0.205. The average molecular weight is 152 g/mol.